The van der Waals surface area contributed by atoms with E-state index in [4.69, 9.17) is 16.3 Å². The van der Waals surface area contributed by atoms with Crippen molar-refractivity contribution in [3.63, 3.8) is 0 Å². The van der Waals surface area contributed by atoms with Gasteiger partial charge in [0, 0.05) is 24.2 Å². The molecule has 0 aliphatic rings. The Hall–Kier alpha value is -3.96. The van der Waals surface area contributed by atoms with E-state index in [1.165, 1.54) is 42.5 Å². The molecule has 192 valence electrons. The number of hydrogen-bond donors (Lipinski definition) is 1. The number of anilines is 3. The largest absolute Gasteiger partial charge is 0.495 e. The Kier molecular flexibility index (Phi) is 7.46. The molecule has 0 saturated heterocycles. The summed E-state index contributed by atoms with van der Waals surface area (Å²) >= 11 is 6.61. The van der Waals surface area contributed by atoms with Crippen molar-refractivity contribution in [1.29, 1.82) is 0 Å². The van der Waals surface area contributed by atoms with Crippen LogP contribution >= 0.6 is 11.6 Å². The molecule has 1 N–H and O–H groups in total. The summed E-state index contributed by atoms with van der Waals surface area (Å²) < 4.78 is 51.5. The molecule has 4 aromatic rings. The quantitative estimate of drug-likeness (QED) is 0.301. The fraction of sp³-hybridized carbons (Fsp3) is 0.160. The first-order valence-corrected chi connectivity index (χ1v) is 12.9. The summed E-state index contributed by atoms with van der Waals surface area (Å²) in [6.45, 7) is 3.33. The Bertz CT molecular complexity index is 1540. The number of pyridine rings is 1. The SMILES string of the molecule is CCC(=O)N(c1ccc(S(=O)(=O)Nc2ccon2)cn1)c1cc(Cl)c(-c2ccc(F)c(C)c2)cc1OC. The van der Waals surface area contributed by atoms with Crippen molar-refractivity contribution < 1.29 is 26.9 Å². The second-order valence-corrected chi connectivity index (χ2v) is 9.98. The standard InChI is InChI=1S/C25H22ClFN4O5S/c1-4-25(32)31(24-8-6-17(14-28-24)37(33,34)30-23-9-10-36-29-23)21-13-19(26)18(12-22(21)35-3)16-5-7-20(27)15(2)11-16/h5-14H,4H2,1-3H3,(H,29,30). The molecule has 0 saturated carbocycles. The van der Waals surface area contributed by atoms with E-state index in [2.05, 4.69) is 19.4 Å². The zero-order valence-corrected chi connectivity index (χ0v) is 21.6. The van der Waals surface area contributed by atoms with E-state index in [0.29, 0.717) is 33.1 Å². The third-order valence-electron chi connectivity index (χ3n) is 5.47. The number of rotatable bonds is 8. The van der Waals surface area contributed by atoms with Crippen LogP contribution in [0.25, 0.3) is 11.1 Å². The van der Waals surface area contributed by atoms with Crippen molar-refractivity contribution in [1.82, 2.24) is 10.1 Å². The van der Waals surface area contributed by atoms with Crippen LogP contribution in [0.15, 0.2) is 70.4 Å². The molecule has 0 atom stereocenters. The number of ether oxygens (including phenoxy) is 1. The molecule has 0 spiro atoms. The number of benzene rings is 2. The van der Waals surface area contributed by atoms with Crippen molar-refractivity contribution in [2.24, 2.45) is 0 Å². The summed E-state index contributed by atoms with van der Waals surface area (Å²) in [6, 6.07) is 11.9. The topological polar surface area (TPSA) is 115 Å². The van der Waals surface area contributed by atoms with E-state index in [0.717, 1.165) is 6.20 Å². The summed E-state index contributed by atoms with van der Waals surface area (Å²) in [5, 5.41) is 3.83. The van der Waals surface area contributed by atoms with E-state index in [9.17, 15) is 17.6 Å². The number of nitrogens with zero attached hydrogens (tertiary/aromatic N) is 3. The van der Waals surface area contributed by atoms with Crippen LogP contribution in [0.4, 0.5) is 21.7 Å². The molecule has 0 aliphatic heterocycles. The van der Waals surface area contributed by atoms with E-state index >= 15 is 0 Å². The van der Waals surface area contributed by atoms with E-state index < -0.39 is 10.0 Å². The fourth-order valence-electron chi connectivity index (χ4n) is 3.58. The second-order valence-electron chi connectivity index (χ2n) is 7.89. The lowest BCUT2D eigenvalue weighted by Gasteiger charge is -2.24. The molecule has 9 nitrogen and oxygen atoms in total. The molecular formula is C25H22ClFN4O5S. The van der Waals surface area contributed by atoms with Crippen LogP contribution in [-0.2, 0) is 14.8 Å². The highest BCUT2D eigenvalue weighted by Gasteiger charge is 2.25. The lowest BCUT2D eigenvalue weighted by molar-refractivity contribution is -0.117. The van der Waals surface area contributed by atoms with Gasteiger partial charge in [-0.25, -0.2) is 17.8 Å². The number of hydrogen-bond acceptors (Lipinski definition) is 7. The van der Waals surface area contributed by atoms with Gasteiger partial charge in [0.2, 0.25) is 5.91 Å². The summed E-state index contributed by atoms with van der Waals surface area (Å²) in [4.78, 5) is 18.4. The number of carbonyl (C=O) groups excluding carboxylic acids is 1. The van der Waals surface area contributed by atoms with Gasteiger partial charge in [0.1, 0.15) is 28.5 Å². The van der Waals surface area contributed by atoms with Crippen molar-refractivity contribution in [2.45, 2.75) is 25.2 Å². The van der Waals surface area contributed by atoms with Crippen LogP contribution < -0.4 is 14.4 Å². The second kappa shape index (κ2) is 10.6. The molecule has 37 heavy (non-hydrogen) atoms. The molecule has 12 heteroatoms. The first kappa shape index (κ1) is 26.1. The van der Waals surface area contributed by atoms with Crippen LogP contribution in [0, 0.1) is 12.7 Å². The maximum atomic E-state index is 13.8. The maximum absolute atomic E-state index is 13.8. The Morgan fingerprint density at radius 2 is 1.97 bits per heavy atom. The Morgan fingerprint density at radius 1 is 1.19 bits per heavy atom. The zero-order chi connectivity index (χ0) is 26.7. The number of aromatic nitrogens is 2. The minimum absolute atomic E-state index is 0.0164. The average molecular weight is 545 g/mol. The molecule has 0 radical (unpaired) electrons. The predicted octanol–water partition coefficient (Wildman–Crippen LogP) is 5.72. The minimum Gasteiger partial charge on any atom is -0.495 e. The lowest BCUT2D eigenvalue weighted by atomic mass is 10.0. The summed E-state index contributed by atoms with van der Waals surface area (Å²) in [6.07, 6.45) is 2.47. The number of amides is 1. The van der Waals surface area contributed by atoms with Gasteiger partial charge in [-0.15, -0.1) is 0 Å². The summed E-state index contributed by atoms with van der Waals surface area (Å²) in [5.41, 5.74) is 2.03. The number of halogens is 2. The van der Waals surface area contributed by atoms with Crippen LogP contribution in [0.2, 0.25) is 5.02 Å². The number of nitrogens with one attached hydrogen (secondary N) is 1. The van der Waals surface area contributed by atoms with Crippen molar-refractivity contribution in [3.8, 4) is 16.9 Å². The number of methoxy groups -OCH3 is 1. The predicted molar refractivity (Wildman–Crippen MR) is 137 cm³/mol. The number of aryl methyl sites for hydroxylation is 1. The highest BCUT2D eigenvalue weighted by Crippen LogP contribution is 2.41. The van der Waals surface area contributed by atoms with Crippen molar-refractivity contribution >= 4 is 44.9 Å². The lowest BCUT2D eigenvalue weighted by Crippen LogP contribution is -2.26. The number of sulfonamides is 1. The zero-order valence-electron chi connectivity index (χ0n) is 20.0. The van der Waals surface area contributed by atoms with Crippen LogP contribution in [0.1, 0.15) is 18.9 Å². The van der Waals surface area contributed by atoms with E-state index in [-0.39, 0.29) is 34.7 Å². The third kappa shape index (κ3) is 5.42. The van der Waals surface area contributed by atoms with Gasteiger partial charge >= 0.3 is 0 Å². The monoisotopic (exact) mass is 544 g/mol. The Balaban J connectivity index is 1.75. The molecule has 4 rings (SSSR count). The van der Waals surface area contributed by atoms with Gasteiger partial charge in [-0.3, -0.25) is 14.4 Å². The van der Waals surface area contributed by atoms with E-state index in [1.807, 2.05) is 0 Å². The maximum Gasteiger partial charge on any atom is 0.264 e. The molecule has 2 aromatic heterocycles. The Morgan fingerprint density at radius 3 is 2.57 bits per heavy atom. The van der Waals surface area contributed by atoms with Gasteiger partial charge < -0.3 is 9.26 Å². The van der Waals surface area contributed by atoms with Crippen molar-refractivity contribution in [3.05, 3.63) is 77.4 Å². The molecule has 2 aromatic carbocycles. The van der Waals surface area contributed by atoms with Crippen LogP contribution in [-0.4, -0.2) is 31.6 Å². The fourth-order valence-corrected chi connectivity index (χ4v) is 4.79. The van der Waals surface area contributed by atoms with E-state index in [1.54, 1.807) is 38.1 Å². The van der Waals surface area contributed by atoms with Gasteiger partial charge in [-0.1, -0.05) is 29.7 Å². The third-order valence-corrected chi connectivity index (χ3v) is 7.12. The van der Waals surface area contributed by atoms with Crippen LogP contribution in [0.3, 0.4) is 0 Å². The molecule has 0 aliphatic carbocycles. The molecule has 0 unspecified atom stereocenters. The minimum atomic E-state index is -3.99. The smallest absolute Gasteiger partial charge is 0.264 e. The first-order chi connectivity index (χ1) is 17.6. The highest BCUT2D eigenvalue weighted by atomic mass is 35.5. The molecule has 0 bridgehead atoms. The summed E-state index contributed by atoms with van der Waals surface area (Å²) in [7, 11) is -2.55. The van der Waals surface area contributed by atoms with Gasteiger partial charge in [-0.2, -0.15) is 0 Å². The molecule has 1 amide bonds. The van der Waals surface area contributed by atoms with Gasteiger partial charge in [0.15, 0.2) is 5.82 Å². The summed E-state index contributed by atoms with van der Waals surface area (Å²) in [5.74, 6) is -0.177. The highest BCUT2D eigenvalue weighted by molar-refractivity contribution is 7.92. The van der Waals surface area contributed by atoms with Crippen molar-refractivity contribution in [2.75, 3.05) is 16.7 Å². The van der Waals surface area contributed by atoms with Crippen LogP contribution in [0.5, 0.6) is 5.75 Å². The molecular weight excluding hydrogens is 523 g/mol. The molecule has 0 fully saturated rings. The molecule has 2 heterocycles. The van der Waals surface area contributed by atoms with Gasteiger partial charge in [0.25, 0.3) is 10.0 Å². The normalized spacial score (nSPS) is 11.3. The average Bonchev–Trinajstić information content (AvgIpc) is 3.38. The van der Waals surface area contributed by atoms with Gasteiger partial charge in [-0.05, 0) is 54.4 Å². The van der Waals surface area contributed by atoms with Gasteiger partial charge in [0.05, 0.1) is 17.8 Å². The number of carbonyl (C=O) groups is 1. The first-order valence-electron chi connectivity index (χ1n) is 11.0. The Labute approximate surface area is 217 Å².